The van der Waals surface area contributed by atoms with E-state index in [0.717, 1.165) is 6.07 Å². The van der Waals surface area contributed by atoms with Gasteiger partial charge in [-0.3, -0.25) is 4.79 Å². The second kappa shape index (κ2) is 8.73. The minimum absolute atomic E-state index is 0.0410. The van der Waals surface area contributed by atoms with Gasteiger partial charge in [-0.15, -0.1) is 5.10 Å². The third-order valence-electron chi connectivity index (χ3n) is 4.98. The second-order valence-electron chi connectivity index (χ2n) is 7.11. The SMILES string of the molecule is CCOC(=O)Cn1nnc2ccc(Nc3c(C)[n+]([O-])c4cc(F)c(OCC)cc4[n+]3[O-])cc21. The van der Waals surface area contributed by atoms with Crippen molar-refractivity contribution in [2.24, 2.45) is 0 Å². The summed E-state index contributed by atoms with van der Waals surface area (Å²) in [7, 11) is 0. The fourth-order valence-electron chi connectivity index (χ4n) is 3.43. The van der Waals surface area contributed by atoms with Crippen LogP contribution in [0.5, 0.6) is 5.75 Å². The van der Waals surface area contributed by atoms with Gasteiger partial charge in [0.05, 0.1) is 24.8 Å². The number of rotatable bonds is 7. The Morgan fingerprint density at radius 1 is 1.15 bits per heavy atom. The smallest absolute Gasteiger partial charge is 0.352 e. The number of hydrogen-bond donors (Lipinski definition) is 1. The highest BCUT2D eigenvalue weighted by Crippen LogP contribution is 2.25. The van der Waals surface area contributed by atoms with Crippen molar-refractivity contribution in [3.63, 3.8) is 0 Å². The van der Waals surface area contributed by atoms with E-state index in [2.05, 4.69) is 15.6 Å². The van der Waals surface area contributed by atoms with Gasteiger partial charge in [0.15, 0.2) is 11.6 Å². The number of hydrogen-bond acceptors (Lipinski definition) is 8. The number of nitrogens with zero attached hydrogens (tertiary/aromatic N) is 5. The minimum atomic E-state index is -0.734. The molecular weight excluding hydrogens is 435 g/mol. The van der Waals surface area contributed by atoms with Gasteiger partial charge in [-0.2, -0.15) is 4.73 Å². The Morgan fingerprint density at radius 2 is 1.91 bits per heavy atom. The summed E-state index contributed by atoms with van der Waals surface area (Å²) in [6.07, 6.45) is 0. The van der Waals surface area contributed by atoms with Crippen LogP contribution in [0, 0.1) is 23.2 Å². The number of benzene rings is 2. The zero-order chi connectivity index (χ0) is 23.7. The van der Waals surface area contributed by atoms with Crippen molar-refractivity contribution < 1.29 is 28.1 Å². The molecule has 0 atom stereocenters. The lowest BCUT2D eigenvalue weighted by molar-refractivity contribution is -0.623. The summed E-state index contributed by atoms with van der Waals surface area (Å²) < 4.78 is 26.8. The molecule has 2 heterocycles. The van der Waals surface area contributed by atoms with Gasteiger partial charge in [-0.25, -0.2) is 19.1 Å². The fourth-order valence-corrected chi connectivity index (χ4v) is 3.43. The molecular formula is C21H21FN6O5. The lowest BCUT2D eigenvalue weighted by atomic mass is 10.2. The molecule has 0 aliphatic carbocycles. The number of nitrogens with one attached hydrogen (secondary N) is 1. The molecule has 4 rings (SSSR count). The molecule has 12 heteroatoms. The van der Waals surface area contributed by atoms with Crippen molar-refractivity contribution in [2.45, 2.75) is 27.3 Å². The predicted molar refractivity (Wildman–Crippen MR) is 115 cm³/mol. The Bertz CT molecular complexity index is 1370. The van der Waals surface area contributed by atoms with Crippen LogP contribution in [0.1, 0.15) is 19.5 Å². The maximum atomic E-state index is 14.2. The normalized spacial score (nSPS) is 11.2. The molecule has 0 spiro atoms. The molecule has 0 amide bonds. The van der Waals surface area contributed by atoms with Crippen LogP contribution in [0.2, 0.25) is 0 Å². The Balaban J connectivity index is 1.76. The van der Waals surface area contributed by atoms with Gasteiger partial charge >= 0.3 is 11.8 Å². The lowest BCUT2D eigenvalue weighted by Crippen LogP contribution is -2.43. The standard InChI is InChI=1S/C21H21FN6O5/c1-4-32-19-10-18-17(9-14(19)22)27(30)12(3)21(28(18)31)23-13-6-7-15-16(8-13)26(25-24-15)11-20(29)33-5-2/h6-10,23H,4-5,11H2,1-3H3. The first-order valence-corrected chi connectivity index (χ1v) is 10.2. The number of esters is 1. The average molecular weight is 456 g/mol. The first-order chi connectivity index (χ1) is 15.8. The van der Waals surface area contributed by atoms with Gasteiger partial charge in [0.25, 0.3) is 11.2 Å². The van der Waals surface area contributed by atoms with E-state index < -0.39 is 11.8 Å². The van der Waals surface area contributed by atoms with Crippen molar-refractivity contribution in [3.05, 3.63) is 52.3 Å². The fraction of sp³-hybridized carbons (Fsp3) is 0.286. The average Bonchev–Trinajstić information content (AvgIpc) is 3.18. The molecule has 0 saturated heterocycles. The van der Waals surface area contributed by atoms with Gasteiger partial charge < -0.3 is 19.9 Å². The summed E-state index contributed by atoms with van der Waals surface area (Å²) in [5.74, 6) is -1.37. The topological polar surface area (TPSA) is 132 Å². The van der Waals surface area contributed by atoms with Gasteiger partial charge in [0.1, 0.15) is 17.7 Å². The van der Waals surface area contributed by atoms with Crippen LogP contribution in [0.25, 0.3) is 22.1 Å². The molecule has 0 radical (unpaired) electrons. The van der Waals surface area contributed by atoms with E-state index in [-0.39, 0.29) is 48.1 Å². The van der Waals surface area contributed by atoms with Gasteiger partial charge in [0.2, 0.25) is 5.52 Å². The summed E-state index contributed by atoms with van der Waals surface area (Å²) in [5.41, 5.74) is 1.37. The number of carbonyl (C=O) groups excluding carboxylic acids is 1. The summed E-state index contributed by atoms with van der Waals surface area (Å²) >= 11 is 0. The largest absolute Gasteiger partial charge is 0.710 e. The molecule has 11 nitrogen and oxygen atoms in total. The molecule has 1 N–H and O–H groups in total. The zero-order valence-electron chi connectivity index (χ0n) is 18.2. The Hall–Kier alpha value is -4.22. The van der Waals surface area contributed by atoms with E-state index in [4.69, 9.17) is 9.47 Å². The molecule has 0 aliphatic heterocycles. The van der Waals surface area contributed by atoms with E-state index in [9.17, 15) is 19.6 Å². The van der Waals surface area contributed by atoms with Crippen molar-refractivity contribution >= 4 is 39.5 Å². The zero-order valence-corrected chi connectivity index (χ0v) is 18.2. The van der Waals surface area contributed by atoms with E-state index >= 15 is 0 Å². The Labute approximate surface area is 187 Å². The van der Waals surface area contributed by atoms with Crippen molar-refractivity contribution in [3.8, 4) is 5.75 Å². The molecule has 2 aromatic heterocycles. The highest BCUT2D eigenvalue weighted by molar-refractivity contribution is 5.81. The summed E-state index contributed by atoms with van der Waals surface area (Å²) in [5, 5.41) is 36.8. The van der Waals surface area contributed by atoms with Gasteiger partial charge in [-0.05, 0) is 26.0 Å². The number of halogens is 1. The summed E-state index contributed by atoms with van der Waals surface area (Å²) in [6.45, 7) is 5.15. The second-order valence-corrected chi connectivity index (χ2v) is 7.11. The van der Waals surface area contributed by atoms with Crippen molar-refractivity contribution in [2.75, 3.05) is 18.5 Å². The lowest BCUT2D eigenvalue weighted by Gasteiger charge is -2.15. The van der Waals surface area contributed by atoms with Crippen LogP contribution in [-0.2, 0) is 16.1 Å². The van der Waals surface area contributed by atoms with E-state index in [0.29, 0.717) is 26.2 Å². The minimum Gasteiger partial charge on any atom is -0.710 e. The van der Waals surface area contributed by atoms with Crippen LogP contribution < -0.4 is 19.5 Å². The predicted octanol–water partition coefficient (Wildman–Crippen LogP) is 2.00. The maximum Gasteiger partial charge on any atom is 0.352 e. The van der Waals surface area contributed by atoms with E-state index in [1.54, 1.807) is 32.0 Å². The quantitative estimate of drug-likeness (QED) is 0.254. The molecule has 0 aliphatic rings. The molecule has 0 saturated carbocycles. The molecule has 2 aromatic carbocycles. The van der Waals surface area contributed by atoms with Crippen LogP contribution in [-0.4, -0.2) is 34.2 Å². The van der Waals surface area contributed by atoms with Crippen molar-refractivity contribution in [1.82, 2.24) is 15.0 Å². The van der Waals surface area contributed by atoms with Gasteiger partial charge in [-0.1, -0.05) is 5.21 Å². The van der Waals surface area contributed by atoms with Crippen LogP contribution in [0.4, 0.5) is 15.9 Å². The molecule has 33 heavy (non-hydrogen) atoms. The highest BCUT2D eigenvalue weighted by atomic mass is 19.1. The number of ether oxygens (including phenoxy) is 2. The number of carbonyl (C=O) groups is 1. The maximum absolute atomic E-state index is 14.2. The highest BCUT2D eigenvalue weighted by Gasteiger charge is 2.26. The number of fused-ring (bicyclic) bond motifs is 2. The van der Waals surface area contributed by atoms with Crippen LogP contribution in [0.15, 0.2) is 30.3 Å². The molecule has 0 unspecified atom stereocenters. The number of anilines is 2. The summed E-state index contributed by atoms with van der Waals surface area (Å²) in [4.78, 5) is 11.8. The number of aromatic nitrogens is 5. The molecule has 172 valence electrons. The van der Waals surface area contributed by atoms with E-state index in [1.165, 1.54) is 17.7 Å². The molecule has 0 bridgehead atoms. The Kier molecular flexibility index (Phi) is 5.82. The van der Waals surface area contributed by atoms with Crippen LogP contribution in [0.3, 0.4) is 0 Å². The monoisotopic (exact) mass is 456 g/mol. The van der Waals surface area contributed by atoms with Crippen LogP contribution >= 0.6 is 0 Å². The third-order valence-corrected chi connectivity index (χ3v) is 4.98. The summed E-state index contributed by atoms with van der Waals surface area (Å²) in [6, 6.07) is 7.13. The molecule has 4 aromatic rings. The van der Waals surface area contributed by atoms with E-state index in [1.807, 2.05) is 0 Å². The van der Waals surface area contributed by atoms with Crippen molar-refractivity contribution in [1.29, 1.82) is 0 Å². The first kappa shape index (κ1) is 22.0. The molecule has 0 fully saturated rings. The van der Waals surface area contributed by atoms with Gasteiger partial charge in [0, 0.05) is 19.1 Å². The third kappa shape index (κ3) is 4.02. The first-order valence-electron chi connectivity index (χ1n) is 10.2. The Morgan fingerprint density at radius 3 is 2.64 bits per heavy atom.